The Balaban J connectivity index is 1.92. The Labute approximate surface area is 190 Å². The second kappa shape index (κ2) is 9.44. The van der Waals surface area contributed by atoms with Crippen LogP contribution in [0.3, 0.4) is 0 Å². The molecule has 0 bridgehead atoms. The first-order valence-corrected chi connectivity index (χ1v) is 10.1. The molecule has 3 aromatic carbocycles. The fourth-order valence-electron chi connectivity index (χ4n) is 3.42. The van der Waals surface area contributed by atoms with E-state index in [4.69, 9.17) is 23.9 Å². The van der Waals surface area contributed by atoms with Crippen LogP contribution in [-0.2, 0) is 0 Å². The molecule has 0 aliphatic heterocycles. The number of para-hydroxylation sites is 1. The summed E-state index contributed by atoms with van der Waals surface area (Å²) in [5.41, 5.74) is 1.62. The van der Waals surface area contributed by atoms with Gasteiger partial charge in [-0.3, -0.25) is 4.79 Å². The van der Waals surface area contributed by atoms with Gasteiger partial charge in [0.25, 0.3) is 5.56 Å². The molecule has 1 heterocycles. The van der Waals surface area contributed by atoms with Gasteiger partial charge < -0.3 is 18.9 Å². The maximum Gasteiger partial charge on any atom is 0.282 e. The van der Waals surface area contributed by atoms with Crippen molar-refractivity contribution in [3.8, 4) is 34.4 Å². The van der Waals surface area contributed by atoms with Gasteiger partial charge in [0.2, 0.25) is 0 Å². The molecule has 0 fully saturated rings. The Bertz CT molecular complexity index is 1370. The van der Waals surface area contributed by atoms with Gasteiger partial charge in [-0.15, -0.1) is 0 Å². The molecule has 8 heteroatoms. The van der Waals surface area contributed by atoms with Crippen LogP contribution in [-0.4, -0.2) is 44.3 Å². The van der Waals surface area contributed by atoms with Crippen molar-refractivity contribution in [3.63, 3.8) is 0 Å². The molecule has 0 amide bonds. The summed E-state index contributed by atoms with van der Waals surface area (Å²) in [4.78, 5) is 18.1. The quantitative estimate of drug-likeness (QED) is 0.400. The van der Waals surface area contributed by atoms with E-state index in [9.17, 15) is 4.79 Å². The highest BCUT2D eigenvalue weighted by molar-refractivity contribution is 5.83. The van der Waals surface area contributed by atoms with Gasteiger partial charge in [-0.25, -0.2) is 4.98 Å². The second-order valence-electron chi connectivity index (χ2n) is 7.03. The Morgan fingerprint density at radius 2 is 1.52 bits per heavy atom. The average molecular weight is 445 g/mol. The standard InChI is InChI=1S/C25H23N3O5/c1-30-18-11-16(12-19(14-18)31-2)15-26-28-24(17-9-10-22(32-3)23(13-17)33-4)27-21-8-6-5-7-20(21)25(28)29/h5-15H,1-4H3. The first-order chi connectivity index (χ1) is 16.1. The molecule has 168 valence electrons. The molecule has 0 saturated carbocycles. The van der Waals surface area contributed by atoms with Gasteiger partial charge in [0.05, 0.1) is 45.6 Å². The Morgan fingerprint density at radius 3 is 2.18 bits per heavy atom. The number of aromatic nitrogens is 2. The van der Waals surface area contributed by atoms with Gasteiger partial charge in [0.1, 0.15) is 11.5 Å². The van der Waals surface area contributed by atoms with Crippen LogP contribution in [0.4, 0.5) is 0 Å². The minimum Gasteiger partial charge on any atom is -0.497 e. The van der Waals surface area contributed by atoms with Gasteiger partial charge >= 0.3 is 0 Å². The highest BCUT2D eigenvalue weighted by atomic mass is 16.5. The second-order valence-corrected chi connectivity index (χ2v) is 7.03. The monoisotopic (exact) mass is 445 g/mol. The SMILES string of the molecule is COc1cc(C=Nn2c(-c3ccc(OC)c(OC)c3)nc3ccccc3c2=O)cc(OC)c1. The summed E-state index contributed by atoms with van der Waals surface area (Å²) < 4.78 is 22.7. The molecule has 4 rings (SSSR count). The minimum absolute atomic E-state index is 0.295. The van der Waals surface area contributed by atoms with Crippen molar-refractivity contribution in [1.29, 1.82) is 0 Å². The van der Waals surface area contributed by atoms with E-state index in [0.29, 0.717) is 50.9 Å². The van der Waals surface area contributed by atoms with Gasteiger partial charge in [-0.1, -0.05) is 12.1 Å². The zero-order valence-electron chi connectivity index (χ0n) is 18.7. The Morgan fingerprint density at radius 1 is 0.818 bits per heavy atom. The Kier molecular flexibility index (Phi) is 6.26. The molecule has 0 unspecified atom stereocenters. The summed E-state index contributed by atoms with van der Waals surface area (Å²) in [5, 5.41) is 4.95. The molecule has 8 nitrogen and oxygen atoms in total. The van der Waals surface area contributed by atoms with Crippen LogP contribution in [0.5, 0.6) is 23.0 Å². The predicted molar refractivity (Wildman–Crippen MR) is 127 cm³/mol. The van der Waals surface area contributed by atoms with Crippen LogP contribution in [0.15, 0.2) is 70.6 Å². The van der Waals surface area contributed by atoms with Gasteiger partial charge in [0, 0.05) is 17.2 Å². The minimum atomic E-state index is -0.295. The lowest BCUT2D eigenvalue weighted by Gasteiger charge is -2.12. The molecule has 0 spiro atoms. The molecule has 0 aliphatic rings. The largest absolute Gasteiger partial charge is 0.497 e. The molecule has 0 saturated heterocycles. The van der Waals surface area contributed by atoms with E-state index in [1.54, 1.807) is 89.3 Å². The van der Waals surface area contributed by atoms with E-state index in [-0.39, 0.29) is 5.56 Å². The van der Waals surface area contributed by atoms with Crippen molar-refractivity contribution < 1.29 is 18.9 Å². The van der Waals surface area contributed by atoms with Crippen LogP contribution in [0, 0.1) is 0 Å². The molecule has 1 aromatic heterocycles. The summed E-state index contributed by atoms with van der Waals surface area (Å²) in [7, 11) is 6.26. The van der Waals surface area contributed by atoms with Gasteiger partial charge in [-0.05, 0) is 42.5 Å². The van der Waals surface area contributed by atoms with E-state index in [1.165, 1.54) is 4.68 Å². The number of fused-ring (bicyclic) bond motifs is 1. The molecule has 0 aliphatic carbocycles. The van der Waals surface area contributed by atoms with Crippen molar-refractivity contribution >= 4 is 17.1 Å². The van der Waals surface area contributed by atoms with E-state index in [2.05, 4.69) is 5.10 Å². The molecular formula is C25H23N3O5. The highest BCUT2D eigenvalue weighted by Crippen LogP contribution is 2.32. The summed E-state index contributed by atoms with van der Waals surface area (Å²) in [5.74, 6) is 2.68. The summed E-state index contributed by atoms with van der Waals surface area (Å²) >= 11 is 0. The van der Waals surface area contributed by atoms with Crippen LogP contribution in [0.1, 0.15) is 5.56 Å². The zero-order chi connectivity index (χ0) is 23.4. The Hall–Kier alpha value is -4.33. The molecule has 0 N–H and O–H groups in total. The van der Waals surface area contributed by atoms with Gasteiger partial charge in [0.15, 0.2) is 17.3 Å². The van der Waals surface area contributed by atoms with Crippen LogP contribution in [0.2, 0.25) is 0 Å². The lowest BCUT2D eigenvalue weighted by Crippen LogP contribution is -2.20. The van der Waals surface area contributed by atoms with Crippen molar-refractivity contribution in [3.05, 3.63) is 76.6 Å². The number of hydrogen-bond donors (Lipinski definition) is 0. The average Bonchev–Trinajstić information content (AvgIpc) is 2.87. The summed E-state index contributed by atoms with van der Waals surface area (Å²) in [6, 6.07) is 17.8. The van der Waals surface area contributed by atoms with Gasteiger partial charge in [-0.2, -0.15) is 9.78 Å². The number of hydrogen-bond acceptors (Lipinski definition) is 7. The van der Waals surface area contributed by atoms with E-state index in [0.717, 1.165) is 0 Å². The fraction of sp³-hybridized carbons (Fsp3) is 0.160. The highest BCUT2D eigenvalue weighted by Gasteiger charge is 2.15. The fourth-order valence-corrected chi connectivity index (χ4v) is 3.42. The van der Waals surface area contributed by atoms with E-state index >= 15 is 0 Å². The number of rotatable bonds is 7. The van der Waals surface area contributed by atoms with E-state index < -0.39 is 0 Å². The molecule has 33 heavy (non-hydrogen) atoms. The van der Waals surface area contributed by atoms with Crippen molar-refractivity contribution in [2.75, 3.05) is 28.4 Å². The molecule has 0 atom stereocenters. The van der Waals surface area contributed by atoms with Crippen LogP contribution >= 0.6 is 0 Å². The summed E-state index contributed by atoms with van der Waals surface area (Å²) in [6.07, 6.45) is 1.56. The third kappa shape index (κ3) is 4.36. The van der Waals surface area contributed by atoms with Crippen molar-refractivity contribution in [2.24, 2.45) is 5.10 Å². The lowest BCUT2D eigenvalue weighted by atomic mass is 10.1. The lowest BCUT2D eigenvalue weighted by molar-refractivity contribution is 0.355. The normalized spacial score (nSPS) is 11.0. The third-order valence-corrected chi connectivity index (χ3v) is 5.09. The number of benzene rings is 3. The number of methoxy groups -OCH3 is 4. The molecular weight excluding hydrogens is 422 g/mol. The first-order valence-electron chi connectivity index (χ1n) is 10.1. The number of nitrogens with zero attached hydrogens (tertiary/aromatic N) is 3. The maximum absolute atomic E-state index is 13.4. The zero-order valence-corrected chi connectivity index (χ0v) is 18.7. The summed E-state index contributed by atoms with van der Waals surface area (Å²) in [6.45, 7) is 0. The van der Waals surface area contributed by atoms with Crippen LogP contribution < -0.4 is 24.5 Å². The smallest absolute Gasteiger partial charge is 0.282 e. The first kappa shape index (κ1) is 21.9. The predicted octanol–water partition coefficient (Wildman–Crippen LogP) is 3.98. The number of ether oxygens (including phenoxy) is 4. The van der Waals surface area contributed by atoms with Crippen molar-refractivity contribution in [1.82, 2.24) is 9.66 Å². The van der Waals surface area contributed by atoms with Crippen LogP contribution in [0.25, 0.3) is 22.3 Å². The maximum atomic E-state index is 13.4. The molecule has 4 aromatic rings. The molecule has 0 radical (unpaired) electrons. The topological polar surface area (TPSA) is 84.2 Å². The third-order valence-electron chi connectivity index (χ3n) is 5.09. The van der Waals surface area contributed by atoms with Crippen molar-refractivity contribution in [2.45, 2.75) is 0 Å². The van der Waals surface area contributed by atoms with E-state index in [1.807, 2.05) is 6.07 Å².